The third kappa shape index (κ3) is 3.45. The second-order valence-electron chi connectivity index (χ2n) is 3.77. The van der Waals surface area contributed by atoms with Gasteiger partial charge in [0.25, 0.3) is 0 Å². The van der Waals surface area contributed by atoms with Crippen molar-refractivity contribution >= 4 is 37.7 Å². The van der Waals surface area contributed by atoms with Crippen LogP contribution in [0.2, 0.25) is 0 Å². The Hall–Kier alpha value is -0.0900. The van der Waals surface area contributed by atoms with E-state index < -0.39 is 0 Å². The van der Waals surface area contributed by atoms with Gasteiger partial charge in [-0.15, -0.1) is 0 Å². The smallest absolute Gasteiger partial charge is 0.129 e. The Labute approximate surface area is 108 Å². The molecule has 0 aromatic carbocycles. The minimum atomic E-state index is 0.468. The zero-order valence-electron chi connectivity index (χ0n) is 9.30. The molecule has 4 heteroatoms. The van der Waals surface area contributed by atoms with E-state index in [2.05, 4.69) is 68.6 Å². The Morgan fingerprint density at radius 2 is 2.13 bits per heavy atom. The van der Waals surface area contributed by atoms with Crippen molar-refractivity contribution in [3.63, 3.8) is 0 Å². The van der Waals surface area contributed by atoms with E-state index in [9.17, 15) is 0 Å². The fourth-order valence-electron chi connectivity index (χ4n) is 1.41. The van der Waals surface area contributed by atoms with Gasteiger partial charge in [-0.05, 0) is 48.3 Å². The van der Waals surface area contributed by atoms with Crippen molar-refractivity contribution in [3.8, 4) is 0 Å². The zero-order chi connectivity index (χ0) is 11.4. The van der Waals surface area contributed by atoms with Crippen LogP contribution in [0.4, 0.5) is 5.82 Å². The lowest BCUT2D eigenvalue weighted by molar-refractivity contribution is 0.697. The summed E-state index contributed by atoms with van der Waals surface area (Å²) in [5, 5.41) is 0.960. The van der Waals surface area contributed by atoms with Gasteiger partial charge < -0.3 is 4.90 Å². The highest BCUT2D eigenvalue weighted by Gasteiger charge is 2.11. The number of halogens is 2. The maximum absolute atomic E-state index is 4.44. The van der Waals surface area contributed by atoms with Gasteiger partial charge in [0, 0.05) is 28.6 Å². The molecule has 0 amide bonds. The van der Waals surface area contributed by atoms with Crippen molar-refractivity contribution in [1.82, 2.24) is 4.98 Å². The molecule has 1 aromatic rings. The van der Waals surface area contributed by atoms with Crippen LogP contribution in [0.1, 0.15) is 19.4 Å². The molecule has 0 aliphatic carbocycles. The summed E-state index contributed by atoms with van der Waals surface area (Å²) in [6.45, 7) is 7.43. The Bertz CT molecular complexity index is 326. The summed E-state index contributed by atoms with van der Waals surface area (Å²) < 4.78 is 1.06. The van der Waals surface area contributed by atoms with Crippen LogP contribution in [-0.2, 0) is 0 Å². The molecular formula is C11H16Br2N2. The minimum Gasteiger partial charge on any atom is -0.353 e. The van der Waals surface area contributed by atoms with E-state index in [1.54, 1.807) is 0 Å². The average Bonchev–Trinajstić information content (AvgIpc) is 2.18. The van der Waals surface area contributed by atoms with Crippen LogP contribution in [0, 0.1) is 6.92 Å². The van der Waals surface area contributed by atoms with Gasteiger partial charge in [0.1, 0.15) is 5.82 Å². The molecule has 0 saturated heterocycles. The molecular weight excluding hydrogens is 320 g/mol. The predicted molar refractivity (Wildman–Crippen MR) is 73.0 cm³/mol. The summed E-state index contributed by atoms with van der Waals surface area (Å²) in [6.07, 6.45) is 1.87. The first-order valence-corrected chi connectivity index (χ1v) is 6.92. The van der Waals surface area contributed by atoms with Crippen LogP contribution in [0.15, 0.2) is 16.7 Å². The number of aromatic nitrogens is 1. The Balaban J connectivity index is 2.95. The highest BCUT2D eigenvalue weighted by molar-refractivity contribution is 9.10. The van der Waals surface area contributed by atoms with Crippen LogP contribution >= 0.6 is 31.9 Å². The molecule has 0 unspecified atom stereocenters. The van der Waals surface area contributed by atoms with Crippen LogP contribution in [0.5, 0.6) is 0 Å². The molecule has 2 nitrogen and oxygen atoms in total. The van der Waals surface area contributed by atoms with Crippen molar-refractivity contribution in [1.29, 1.82) is 0 Å². The first-order valence-electron chi connectivity index (χ1n) is 5.01. The van der Waals surface area contributed by atoms with E-state index in [0.717, 1.165) is 22.2 Å². The number of hydrogen-bond acceptors (Lipinski definition) is 2. The van der Waals surface area contributed by atoms with Crippen molar-refractivity contribution < 1.29 is 0 Å². The molecule has 0 fully saturated rings. The quantitative estimate of drug-likeness (QED) is 0.779. The number of alkyl halides is 1. The zero-order valence-corrected chi connectivity index (χ0v) is 12.5. The normalized spacial score (nSPS) is 10.8. The third-order valence-electron chi connectivity index (χ3n) is 2.28. The molecule has 0 bridgehead atoms. The highest BCUT2D eigenvalue weighted by atomic mass is 79.9. The summed E-state index contributed by atoms with van der Waals surface area (Å²) in [5.41, 5.74) is 1.22. The summed E-state index contributed by atoms with van der Waals surface area (Å²) in [6, 6.07) is 2.59. The van der Waals surface area contributed by atoms with Crippen LogP contribution in [-0.4, -0.2) is 22.9 Å². The lowest BCUT2D eigenvalue weighted by Crippen LogP contribution is -2.33. The van der Waals surface area contributed by atoms with Gasteiger partial charge in [0.15, 0.2) is 0 Å². The third-order valence-corrected chi connectivity index (χ3v) is 3.46. The monoisotopic (exact) mass is 334 g/mol. The van der Waals surface area contributed by atoms with Crippen LogP contribution in [0.25, 0.3) is 0 Å². The molecule has 0 aliphatic heterocycles. The number of hydrogen-bond donors (Lipinski definition) is 0. The molecule has 84 valence electrons. The number of pyridine rings is 1. The van der Waals surface area contributed by atoms with Gasteiger partial charge in [-0.25, -0.2) is 4.98 Å². The molecule has 0 aliphatic rings. The fourth-order valence-corrected chi connectivity index (χ4v) is 2.01. The largest absolute Gasteiger partial charge is 0.353 e. The van der Waals surface area contributed by atoms with Crippen LogP contribution < -0.4 is 4.90 Å². The molecule has 1 rings (SSSR count). The van der Waals surface area contributed by atoms with Gasteiger partial charge in [0.2, 0.25) is 0 Å². The summed E-state index contributed by atoms with van der Waals surface area (Å²) in [7, 11) is 0. The molecule has 15 heavy (non-hydrogen) atoms. The van der Waals surface area contributed by atoms with E-state index in [1.165, 1.54) is 5.56 Å². The highest BCUT2D eigenvalue weighted by Crippen LogP contribution is 2.21. The second-order valence-corrected chi connectivity index (χ2v) is 5.42. The van der Waals surface area contributed by atoms with Gasteiger partial charge in [0.05, 0.1) is 0 Å². The van der Waals surface area contributed by atoms with Crippen molar-refractivity contribution in [3.05, 3.63) is 22.3 Å². The van der Waals surface area contributed by atoms with E-state index in [0.29, 0.717) is 6.04 Å². The number of anilines is 1. The SMILES string of the molecule is Cc1cc(N(CCBr)C(C)C)ncc1Br. The molecule has 1 heterocycles. The van der Waals surface area contributed by atoms with Crippen molar-refractivity contribution in [2.75, 3.05) is 16.8 Å². The molecule has 0 saturated carbocycles. The Morgan fingerprint density at radius 1 is 1.47 bits per heavy atom. The maximum Gasteiger partial charge on any atom is 0.129 e. The standard InChI is InChI=1S/C11H16Br2N2/c1-8(2)15(5-4-12)11-6-9(3)10(13)7-14-11/h6-8H,4-5H2,1-3H3. The fraction of sp³-hybridized carbons (Fsp3) is 0.545. The molecule has 0 spiro atoms. The molecule has 0 N–H and O–H groups in total. The minimum absolute atomic E-state index is 0.468. The predicted octanol–water partition coefficient (Wildman–Crippen LogP) is 3.76. The Kier molecular flexibility index (Phi) is 5.06. The first-order chi connectivity index (χ1) is 7.06. The average molecular weight is 336 g/mol. The van der Waals surface area contributed by atoms with Gasteiger partial charge in [-0.2, -0.15) is 0 Å². The lowest BCUT2D eigenvalue weighted by Gasteiger charge is -2.27. The number of rotatable bonds is 4. The lowest BCUT2D eigenvalue weighted by atomic mass is 10.2. The van der Waals surface area contributed by atoms with Gasteiger partial charge >= 0.3 is 0 Å². The number of aryl methyl sites for hydroxylation is 1. The number of nitrogens with zero attached hydrogens (tertiary/aromatic N) is 2. The summed E-state index contributed by atoms with van der Waals surface area (Å²) in [4.78, 5) is 6.72. The van der Waals surface area contributed by atoms with Crippen molar-refractivity contribution in [2.24, 2.45) is 0 Å². The van der Waals surface area contributed by atoms with Gasteiger partial charge in [-0.3, -0.25) is 0 Å². The van der Waals surface area contributed by atoms with E-state index in [1.807, 2.05) is 6.20 Å². The summed E-state index contributed by atoms with van der Waals surface area (Å²) in [5.74, 6) is 1.05. The van der Waals surface area contributed by atoms with E-state index in [-0.39, 0.29) is 0 Å². The maximum atomic E-state index is 4.44. The van der Waals surface area contributed by atoms with Crippen molar-refractivity contribution in [2.45, 2.75) is 26.8 Å². The Morgan fingerprint density at radius 3 is 2.60 bits per heavy atom. The molecule has 1 aromatic heterocycles. The topological polar surface area (TPSA) is 16.1 Å². The summed E-state index contributed by atoms with van der Waals surface area (Å²) >= 11 is 6.93. The van der Waals surface area contributed by atoms with E-state index >= 15 is 0 Å². The van der Waals surface area contributed by atoms with Gasteiger partial charge in [-0.1, -0.05) is 15.9 Å². The second kappa shape index (κ2) is 5.85. The molecule has 0 radical (unpaired) electrons. The first kappa shape index (κ1) is 13.0. The molecule has 0 atom stereocenters. The van der Waals surface area contributed by atoms with Crippen LogP contribution in [0.3, 0.4) is 0 Å². The van der Waals surface area contributed by atoms with E-state index in [4.69, 9.17) is 0 Å².